The molecule has 168 valence electrons. The molecular formula is C24H27N3O5. The molecule has 1 unspecified atom stereocenters. The van der Waals surface area contributed by atoms with Crippen LogP contribution in [0, 0.1) is 0 Å². The number of hydrogen-bond donors (Lipinski definition) is 3. The summed E-state index contributed by atoms with van der Waals surface area (Å²) in [7, 11) is 0. The second-order valence-electron chi connectivity index (χ2n) is 9.05. The van der Waals surface area contributed by atoms with Crippen LogP contribution in [0.3, 0.4) is 0 Å². The van der Waals surface area contributed by atoms with Gasteiger partial charge in [0.05, 0.1) is 5.56 Å². The summed E-state index contributed by atoms with van der Waals surface area (Å²) in [4.78, 5) is 49.7. The van der Waals surface area contributed by atoms with E-state index in [0.717, 1.165) is 10.5 Å². The molecular weight excluding hydrogens is 410 g/mol. The van der Waals surface area contributed by atoms with Crippen LogP contribution in [-0.2, 0) is 27.1 Å². The fourth-order valence-corrected chi connectivity index (χ4v) is 3.51. The average molecular weight is 437 g/mol. The number of rotatable bonds is 6. The van der Waals surface area contributed by atoms with Crippen molar-refractivity contribution in [1.29, 1.82) is 0 Å². The molecule has 8 nitrogen and oxygen atoms in total. The van der Waals surface area contributed by atoms with Gasteiger partial charge in [-0.1, -0.05) is 57.2 Å². The van der Waals surface area contributed by atoms with Crippen molar-refractivity contribution in [2.75, 3.05) is 6.54 Å². The summed E-state index contributed by atoms with van der Waals surface area (Å²) in [6.07, 6.45) is 0. The third-order valence-corrected chi connectivity index (χ3v) is 5.60. The van der Waals surface area contributed by atoms with Gasteiger partial charge in [0, 0.05) is 6.54 Å². The molecule has 1 aliphatic rings. The zero-order valence-corrected chi connectivity index (χ0v) is 18.6. The van der Waals surface area contributed by atoms with Crippen LogP contribution in [0.2, 0.25) is 0 Å². The van der Waals surface area contributed by atoms with Gasteiger partial charge in [-0.3, -0.25) is 14.5 Å². The van der Waals surface area contributed by atoms with E-state index in [2.05, 4.69) is 31.4 Å². The predicted octanol–water partition coefficient (Wildman–Crippen LogP) is 2.77. The Morgan fingerprint density at radius 2 is 1.62 bits per heavy atom. The maximum atomic E-state index is 13.0. The topological polar surface area (TPSA) is 116 Å². The number of urea groups is 1. The Balaban J connectivity index is 1.65. The molecule has 3 N–H and O–H groups in total. The monoisotopic (exact) mass is 437 g/mol. The normalized spacial score (nSPS) is 18.4. The quantitative estimate of drug-likeness (QED) is 0.601. The highest BCUT2D eigenvalue weighted by atomic mass is 16.4. The van der Waals surface area contributed by atoms with E-state index in [1.54, 1.807) is 19.1 Å². The number of carbonyl (C=O) groups excluding carboxylic acids is 3. The minimum absolute atomic E-state index is 0.0412. The van der Waals surface area contributed by atoms with Crippen LogP contribution in [0.5, 0.6) is 0 Å². The second kappa shape index (κ2) is 8.45. The summed E-state index contributed by atoms with van der Waals surface area (Å²) in [5.74, 6) is -2.02. The summed E-state index contributed by atoms with van der Waals surface area (Å²) in [5, 5.41) is 14.3. The molecule has 4 amide bonds. The minimum atomic E-state index is -1.25. The molecule has 0 radical (unpaired) electrons. The van der Waals surface area contributed by atoms with Gasteiger partial charge >= 0.3 is 12.0 Å². The lowest BCUT2D eigenvalue weighted by atomic mass is 9.84. The maximum Gasteiger partial charge on any atom is 0.335 e. The Bertz CT molecular complexity index is 1050. The Hall–Kier alpha value is -3.68. The number of nitrogens with one attached hydrogen (secondary N) is 2. The summed E-state index contributed by atoms with van der Waals surface area (Å²) < 4.78 is 0. The highest BCUT2D eigenvalue weighted by Gasteiger charge is 2.49. The number of hydrogen-bond acceptors (Lipinski definition) is 4. The number of carboxylic acids is 1. The van der Waals surface area contributed by atoms with Crippen molar-refractivity contribution in [3.8, 4) is 0 Å². The smallest absolute Gasteiger partial charge is 0.335 e. The average Bonchev–Trinajstić information content (AvgIpc) is 2.96. The van der Waals surface area contributed by atoms with Crippen LogP contribution < -0.4 is 10.6 Å². The lowest BCUT2D eigenvalue weighted by Crippen LogP contribution is -2.43. The molecule has 0 bridgehead atoms. The molecule has 2 aromatic carbocycles. The number of carboxylic acid groups (broad SMARTS) is 1. The van der Waals surface area contributed by atoms with Gasteiger partial charge in [-0.2, -0.15) is 0 Å². The Morgan fingerprint density at radius 3 is 2.16 bits per heavy atom. The molecule has 1 fully saturated rings. The number of carbonyl (C=O) groups is 4. The molecule has 2 aromatic rings. The van der Waals surface area contributed by atoms with Crippen LogP contribution in [-0.4, -0.2) is 40.4 Å². The molecule has 1 saturated heterocycles. The van der Waals surface area contributed by atoms with Crippen LogP contribution in [0.4, 0.5) is 4.79 Å². The van der Waals surface area contributed by atoms with Crippen LogP contribution in [0.1, 0.15) is 54.7 Å². The first-order chi connectivity index (χ1) is 14.9. The number of benzene rings is 2. The van der Waals surface area contributed by atoms with Crippen molar-refractivity contribution in [1.82, 2.24) is 15.5 Å². The summed E-state index contributed by atoms with van der Waals surface area (Å²) in [6, 6.07) is 13.0. The van der Waals surface area contributed by atoms with Crippen LogP contribution in [0.25, 0.3) is 0 Å². The van der Waals surface area contributed by atoms with Crippen molar-refractivity contribution in [2.24, 2.45) is 0 Å². The van der Waals surface area contributed by atoms with Gasteiger partial charge in [-0.05, 0) is 41.2 Å². The van der Waals surface area contributed by atoms with Gasteiger partial charge in [0.1, 0.15) is 12.1 Å². The fourth-order valence-electron chi connectivity index (χ4n) is 3.51. The van der Waals surface area contributed by atoms with Gasteiger partial charge in [-0.15, -0.1) is 0 Å². The summed E-state index contributed by atoms with van der Waals surface area (Å²) >= 11 is 0. The third-order valence-electron chi connectivity index (χ3n) is 5.60. The van der Waals surface area contributed by atoms with Gasteiger partial charge in [0.15, 0.2) is 0 Å². The van der Waals surface area contributed by atoms with Gasteiger partial charge < -0.3 is 15.7 Å². The lowest BCUT2D eigenvalue weighted by molar-refractivity contribution is -0.134. The SMILES string of the molecule is CC(C)(C)c1ccc(C2(C)NC(=O)N(CC(=O)NCc3ccc(C(=O)O)cc3)C2=O)cc1. The molecule has 0 spiro atoms. The zero-order valence-electron chi connectivity index (χ0n) is 18.6. The Morgan fingerprint density at radius 1 is 1.03 bits per heavy atom. The first kappa shape index (κ1) is 23.0. The highest BCUT2D eigenvalue weighted by molar-refractivity contribution is 6.09. The second-order valence-corrected chi connectivity index (χ2v) is 9.05. The molecule has 32 heavy (non-hydrogen) atoms. The molecule has 0 saturated carbocycles. The van der Waals surface area contributed by atoms with E-state index in [1.165, 1.54) is 12.1 Å². The van der Waals surface area contributed by atoms with E-state index in [9.17, 15) is 19.2 Å². The first-order valence-corrected chi connectivity index (χ1v) is 10.3. The van der Waals surface area contributed by atoms with Crippen molar-refractivity contribution in [3.63, 3.8) is 0 Å². The zero-order chi connectivity index (χ0) is 23.7. The maximum absolute atomic E-state index is 13.0. The molecule has 1 aliphatic heterocycles. The largest absolute Gasteiger partial charge is 0.478 e. The minimum Gasteiger partial charge on any atom is -0.478 e. The predicted molar refractivity (Wildman–Crippen MR) is 118 cm³/mol. The van der Waals surface area contributed by atoms with Crippen LogP contribution in [0.15, 0.2) is 48.5 Å². The lowest BCUT2D eigenvalue weighted by Gasteiger charge is -2.24. The first-order valence-electron chi connectivity index (χ1n) is 10.3. The van der Waals surface area contributed by atoms with Crippen LogP contribution >= 0.6 is 0 Å². The fraction of sp³-hybridized carbons (Fsp3) is 0.333. The van der Waals surface area contributed by atoms with Gasteiger partial charge in [0.2, 0.25) is 5.91 Å². The molecule has 8 heteroatoms. The number of nitrogens with zero attached hydrogens (tertiary/aromatic N) is 1. The van der Waals surface area contributed by atoms with E-state index in [0.29, 0.717) is 11.1 Å². The number of imide groups is 1. The van der Waals surface area contributed by atoms with Crippen molar-refractivity contribution >= 4 is 23.8 Å². The van der Waals surface area contributed by atoms with Crippen molar-refractivity contribution in [3.05, 3.63) is 70.8 Å². The van der Waals surface area contributed by atoms with Crippen molar-refractivity contribution < 1.29 is 24.3 Å². The molecule has 1 atom stereocenters. The van der Waals surface area contributed by atoms with Gasteiger partial charge in [-0.25, -0.2) is 9.59 Å². The Labute approximate surface area is 186 Å². The molecule has 1 heterocycles. The third kappa shape index (κ3) is 4.64. The molecule has 3 rings (SSSR count). The number of aromatic carboxylic acids is 1. The van der Waals surface area contributed by atoms with Crippen molar-refractivity contribution in [2.45, 2.75) is 45.2 Å². The molecule has 0 aromatic heterocycles. The Kier molecular flexibility index (Phi) is 6.07. The summed E-state index contributed by atoms with van der Waals surface area (Å²) in [5.41, 5.74) is 1.30. The number of amides is 4. The van der Waals surface area contributed by atoms with E-state index < -0.39 is 35.9 Å². The highest BCUT2D eigenvalue weighted by Crippen LogP contribution is 2.31. The van der Waals surface area contributed by atoms with E-state index in [1.807, 2.05) is 24.3 Å². The van der Waals surface area contributed by atoms with E-state index >= 15 is 0 Å². The van der Waals surface area contributed by atoms with E-state index in [-0.39, 0.29) is 17.5 Å². The summed E-state index contributed by atoms with van der Waals surface area (Å²) in [6.45, 7) is 7.63. The standard InChI is InChI=1S/C24H27N3O5/c1-23(2,3)17-9-11-18(12-10-17)24(4)21(31)27(22(32)26-24)14-19(28)25-13-15-5-7-16(8-6-15)20(29)30/h5-12H,13-14H2,1-4H3,(H,25,28)(H,26,32)(H,29,30). The molecule has 0 aliphatic carbocycles. The van der Waals surface area contributed by atoms with Gasteiger partial charge in [0.25, 0.3) is 5.91 Å². The van der Waals surface area contributed by atoms with E-state index in [4.69, 9.17) is 5.11 Å².